The van der Waals surface area contributed by atoms with E-state index < -0.39 is 6.10 Å². The first-order valence-corrected chi connectivity index (χ1v) is 7.69. The molecule has 1 N–H and O–H groups in total. The average molecular weight is 341 g/mol. The Labute approximate surface area is 126 Å². The standard InChI is InChI=1S/C14H17BrN2OS/c1-10-16-7-13(19-10)8-17(2)9-14(18)11-3-5-12(15)6-4-11/h3-7,14,18H,8-9H2,1-2H3/t14-/m0/s1. The molecular formula is C14H17BrN2OS. The Balaban J connectivity index is 1.91. The van der Waals surface area contributed by atoms with Crippen molar-refractivity contribution in [3.05, 3.63) is 50.4 Å². The van der Waals surface area contributed by atoms with Gasteiger partial charge in [0.05, 0.1) is 11.1 Å². The molecular weight excluding hydrogens is 324 g/mol. The van der Waals surface area contributed by atoms with Crippen LogP contribution in [0.2, 0.25) is 0 Å². The summed E-state index contributed by atoms with van der Waals surface area (Å²) in [5, 5.41) is 11.3. The van der Waals surface area contributed by atoms with Gasteiger partial charge in [-0.05, 0) is 31.7 Å². The van der Waals surface area contributed by atoms with Crippen LogP contribution in [0.3, 0.4) is 0 Å². The van der Waals surface area contributed by atoms with Crippen molar-refractivity contribution < 1.29 is 5.11 Å². The summed E-state index contributed by atoms with van der Waals surface area (Å²) in [6, 6.07) is 7.79. The second kappa shape index (κ2) is 6.61. The predicted octanol–water partition coefficient (Wildman–Crippen LogP) is 3.38. The summed E-state index contributed by atoms with van der Waals surface area (Å²) >= 11 is 5.09. The van der Waals surface area contributed by atoms with E-state index in [1.807, 2.05) is 44.4 Å². The molecule has 2 aromatic rings. The minimum absolute atomic E-state index is 0.466. The summed E-state index contributed by atoms with van der Waals surface area (Å²) in [7, 11) is 2.01. The molecule has 0 radical (unpaired) electrons. The van der Waals surface area contributed by atoms with Crippen LogP contribution >= 0.6 is 27.3 Å². The fourth-order valence-electron chi connectivity index (χ4n) is 1.89. The van der Waals surface area contributed by atoms with E-state index in [1.54, 1.807) is 11.3 Å². The number of aryl methyl sites for hydroxylation is 1. The van der Waals surface area contributed by atoms with Gasteiger partial charge in [-0.15, -0.1) is 11.3 Å². The van der Waals surface area contributed by atoms with Crippen LogP contribution in [0.25, 0.3) is 0 Å². The number of likely N-dealkylation sites (N-methyl/N-ethyl adjacent to an activating group) is 1. The van der Waals surface area contributed by atoms with Gasteiger partial charge in [0, 0.05) is 28.6 Å². The number of rotatable bonds is 5. The topological polar surface area (TPSA) is 36.4 Å². The highest BCUT2D eigenvalue weighted by Gasteiger charge is 2.11. The molecule has 1 aromatic carbocycles. The molecule has 0 amide bonds. The van der Waals surface area contributed by atoms with E-state index in [1.165, 1.54) is 4.88 Å². The molecule has 0 spiro atoms. The summed E-state index contributed by atoms with van der Waals surface area (Å²) in [4.78, 5) is 7.58. The summed E-state index contributed by atoms with van der Waals surface area (Å²) < 4.78 is 1.02. The molecule has 1 heterocycles. The fourth-order valence-corrected chi connectivity index (χ4v) is 3.03. The quantitative estimate of drug-likeness (QED) is 0.906. The number of nitrogens with zero attached hydrogens (tertiary/aromatic N) is 2. The lowest BCUT2D eigenvalue weighted by Gasteiger charge is -2.20. The molecule has 5 heteroatoms. The lowest BCUT2D eigenvalue weighted by atomic mass is 10.1. The summed E-state index contributed by atoms with van der Waals surface area (Å²) in [5.74, 6) is 0. The second-order valence-electron chi connectivity index (χ2n) is 4.61. The number of thiazole rings is 1. The number of aromatic nitrogens is 1. The van der Waals surface area contributed by atoms with Crippen molar-refractivity contribution in [1.29, 1.82) is 0 Å². The lowest BCUT2D eigenvalue weighted by Crippen LogP contribution is -2.23. The molecule has 0 fully saturated rings. The third kappa shape index (κ3) is 4.38. The molecule has 1 atom stereocenters. The van der Waals surface area contributed by atoms with Crippen LogP contribution in [-0.2, 0) is 6.54 Å². The Morgan fingerprint density at radius 3 is 2.63 bits per heavy atom. The van der Waals surface area contributed by atoms with Crippen molar-refractivity contribution in [2.45, 2.75) is 19.6 Å². The van der Waals surface area contributed by atoms with Gasteiger partial charge >= 0.3 is 0 Å². The largest absolute Gasteiger partial charge is 0.387 e. The molecule has 1 aromatic heterocycles. The van der Waals surface area contributed by atoms with E-state index in [-0.39, 0.29) is 0 Å². The first kappa shape index (κ1) is 14.7. The van der Waals surface area contributed by atoms with Crippen molar-refractivity contribution >= 4 is 27.3 Å². The number of halogens is 1. The van der Waals surface area contributed by atoms with Crippen LogP contribution in [0.4, 0.5) is 0 Å². The Kier molecular flexibility index (Phi) is 5.10. The van der Waals surface area contributed by atoms with Crippen molar-refractivity contribution in [3.63, 3.8) is 0 Å². The summed E-state index contributed by atoms with van der Waals surface area (Å²) in [5.41, 5.74) is 0.940. The van der Waals surface area contributed by atoms with Gasteiger partial charge in [0.2, 0.25) is 0 Å². The van der Waals surface area contributed by atoms with Gasteiger partial charge in [-0.2, -0.15) is 0 Å². The van der Waals surface area contributed by atoms with E-state index >= 15 is 0 Å². The molecule has 19 heavy (non-hydrogen) atoms. The van der Waals surface area contributed by atoms with Crippen LogP contribution in [0.1, 0.15) is 21.6 Å². The molecule has 0 saturated carbocycles. The van der Waals surface area contributed by atoms with Crippen molar-refractivity contribution in [1.82, 2.24) is 9.88 Å². The molecule has 0 aliphatic heterocycles. The first-order chi connectivity index (χ1) is 9.04. The summed E-state index contributed by atoms with van der Waals surface area (Å²) in [6.45, 7) is 3.43. The van der Waals surface area contributed by atoms with Crippen LogP contribution in [0, 0.1) is 6.92 Å². The molecule has 0 unspecified atom stereocenters. The minimum atomic E-state index is -0.466. The number of aliphatic hydroxyl groups is 1. The van der Waals surface area contributed by atoms with E-state index in [0.29, 0.717) is 6.54 Å². The Morgan fingerprint density at radius 2 is 2.05 bits per heavy atom. The van der Waals surface area contributed by atoms with Crippen LogP contribution in [-0.4, -0.2) is 28.6 Å². The molecule has 3 nitrogen and oxygen atoms in total. The minimum Gasteiger partial charge on any atom is -0.387 e. The Morgan fingerprint density at radius 1 is 1.37 bits per heavy atom. The predicted molar refractivity (Wildman–Crippen MR) is 82.3 cm³/mol. The second-order valence-corrected chi connectivity index (χ2v) is 6.84. The van der Waals surface area contributed by atoms with Crippen molar-refractivity contribution in [2.24, 2.45) is 0 Å². The lowest BCUT2D eigenvalue weighted by molar-refractivity contribution is 0.124. The molecule has 0 aliphatic rings. The van der Waals surface area contributed by atoms with Crippen LogP contribution in [0.15, 0.2) is 34.9 Å². The average Bonchev–Trinajstić information content (AvgIpc) is 2.75. The number of hydrogen-bond acceptors (Lipinski definition) is 4. The number of benzene rings is 1. The van der Waals surface area contributed by atoms with Crippen molar-refractivity contribution in [2.75, 3.05) is 13.6 Å². The van der Waals surface area contributed by atoms with Gasteiger partial charge in [-0.25, -0.2) is 4.98 Å². The third-order valence-corrected chi connectivity index (χ3v) is 4.26. The fraction of sp³-hybridized carbons (Fsp3) is 0.357. The number of aliphatic hydroxyl groups excluding tert-OH is 1. The third-order valence-electron chi connectivity index (χ3n) is 2.83. The normalized spacial score (nSPS) is 12.9. The van der Waals surface area contributed by atoms with E-state index in [9.17, 15) is 5.11 Å². The molecule has 0 saturated heterocycles. The van der Waals surface area contributed by atoms with E-state index in [4.69, 9.17) is 0 Å². The van der Waals surface area contributed by atoms with Gasteiger partial charge in [-0.1, -0.05) is 28.1 Å². The maximum atomic E-state index is 10.2. The zero-order chi connectivity index (χ0) is 13.8. The maximum Gasteiger partial charge on any atom is 0.0916 e. The summed E-state index contributed by atoms with van der Waals surface area (Å²) in [6.07, 6.45) is 1.44. The molecule has 2 rings (SSSR count). The SMILES string of the molecule is Cc1ncc(CN(C)C[C@H](O)c2ccc(Br)cc2)s1. The molecule has 102 valence electrons. The highest BCUT2D eigenvalue weighted by Crippen LogP contribution is 2.19. The van der Waals surface area contributed by atoms with Crippen LogP contribution in [0.5, 0.6) is 0 Å². The highest BCUT2D eigenvalue weighted by atomic mass is 79.9. The first-order valence-electron chi connectivity index (χ1n) is 6.08. The molecule has 0 bridgehead atoms. The smallest absolute Gasteiger partial charge is 0.0916 e. The van der Waals surface area contributed by atoms with E-state index in [0.717, 1.165) is 21.6 Å². The van der Waals surface area contributed by atoms with Gasteiger partial charge < -0.3 is 5.11 Å². The Hall–Kier alpha value is -0.750. The zero-order valence-corrected chi connectivity index (χ0v) is 13.4. The maximum absolute atomic E-state index is 10.2. The van der Waals surface area contributed by atoms with Gasteiger partial charge in [0.25, 0.3) is 0 Å². The highest BCUT2D eigenvalue weighted by molar-refractivity contribution is 9.10. The number of hydrogen-bond donors (Lipinski definition) is 1. The van der Waals surface area contributed by atoms with Crippen LogP contribution < -0.4 is 0 Å². The van der Waals surface area contributed by atoms with E-state index in [2.05, 4.69) is 25.8 Å². The zero-order valence-electron chi connectivity index (χ0n) is 11.0. The van der Waals surface area contributed by atoms with Gasteiger partial charge in [0.1, 0.15) is 0 Å². The van der Waals surface area contributed by atoms with Gasteiger partial charge in [0.15, 0.2) is 0 Å². The Bertz CT molecular complexity index is 526. The van der Waals surface area contributed by atoms with Gasteiger partial charge in [-0.3, -0.25) is 4.90 Å². The monoisotopic (exact) mass is 340 g/mol. The van der Waals surface area contributed by atoms with Crippen molar-refractivity contribution in [3.8, 4) is 0 Å². The molecule has 0 aliphatic carbocycles.